The van der Waals surface area contributed by atoms with Gasteiger partial charge in [0.1, 0.15) is 0 Å². The Kier molecular flexibility index (Phi) is 3.80. The first-order chi connectivity index (χ1) is 10.1. The van der Waals surface area contributed by atoms with E-state index in [4.69, 9.17) is 5.73 Å². The normalized spacial score (nSPS) is 18.5. The molecule has 0 spiro atoms. The third kappa shape index (κ3) is 2.85. The van der Waals surface area contributed by atoms with E-state index in [-0.39, 0.29) is 6.04 Å². The van der Waals surface area contributed by atoms with Gasteiger partial charge in [-0.15, -0.1) is 0 Å². The summed E-state index contributed by atoms with van der Waals surface area (Å²) in [6.45, 7) is 2.62. The summed E-state index contributed by atoms with van der Waals surface area (Å²) in [5, 5.41) is 2.54. The smallest absolute Gasteiger partial charge is 0.191 e. The molecule has 0 bridgehead atoms. The van der Waals surface area contributed by atoms with Gasteiger partial charge >= 0.3 is 0 Å². The lowest BCUT2D eigenvalue weighted by Crippen LogP contribution is -2.40. The second-order valence-corrected chi connectivity index (χ2v) is 5.82. The number of fused-ring (bicyclic) bond motifs is 1. The van der Waals surface area contributed by atoms with Crippen LogP contribution in [-0.4, -0.2) is 49.5 Å². The fourth-order valence-electron chi connectivity index (χ4n) is 2.81. The quantitative estimate of drug-likeness (QED) is 0.933. The molecular weight excluding hydrogens is 260 g/mol. The van der Waals surface area contributed by atoms with Gasteiger partial charge in [-0.1, -0.05) is 36.4 Å². The van der Waals surface area contributed by atoms with Crippen LogP contribution in [-0.2, 0) is 0 Å². The van der Waals surface area contributed by atoms with Crippen LogP contribution in [0.5, 0.6) is 0 Å². The number of rotatable bonds is 4. The number of benzene rings is 2. The first-order valence-electron chi connectivity index (χ1n) is 7.35. The minimum Gasteiger partial charge on any atom is -0.370 e. The lowest BCUT2D eigenvalue weighted by molar-refractivity contribution is 0.293. The highest BCUT2D eigenvalue weighted by molar-refractivity contribution is 5.84. The standard InChI is InChI=1S/C17H22N4/c1-20(2)9-10-21-16(12-19-17(21)18)15-8-7-13-5-3-4-6-14(13)11-15/h3-8,11,16H,9-10,12H2,1-2H3,(H2,18,19). The molecule has 2 N–H and O–H groups in total. The second-order valence-electron chi connectivity index (χ2n) is 5.82. The summed E-state index contributed by atoms with van der Waals surface area (Å²) in [6, 6.07) is 15.3. The van der Waals surface area contributed by atoms with Crippen molar-refractivity contribution in [2.45, 2.75) is 6.04 Å². The Morgan fingerprint density at radius 2 is 1.95 bits per heavy atom. The number of hydrogen-bond acceptors (Lipinski definition) is 4. The van der Waals surface area contributed by atoms with Crippen molar-refractivity contribution in [3.05, 3.63) is 48.0 Å². The van der Waals surface area contributed by atoms with Crippen LogP contribution in [0.1, 0.15) is 11.6 Å². The number of hydrogen-bond donors (Lipinski definition) is 1. The van der Waals surface area contributed by atoms with E-state index in [1.165, 1.54) is 16.3 Å². The van der Waals surface area contributed by atoms with E-state index >= 15 is 0 Å². The van der Waals surface area contributed by atoms with Gasteiger partial charge in [-0.05, 0) is 36.5 Å². The number of likely N-dealkylation sites (N-methyl/N-ethyl adjacent to an activating group) is 1. The average molecular weight is 282 g/mol. The molecule has 2 aromatic rings. The summed E-state index contributed by atoms with van der Waals surface area (Å²) in [7, 11) is 4.16. The highest BCUT2D eigenvalue weighted by Gasteiger charge is 2.27. The van der Waals surface area contributed by atoms with E-state index in [1.807, 2.05) is 0 Å². The maximum Gasteiger partial charge on any atom is 0.191 e. The molecule has 0 saturated heterocycles. The Morgan fingerprint density at radius 1 is 1.19 bits per heavy atom. The molecule has 110 valence electrons. The minimum atomic E-state index is 0.259. The molecule has 4 nitrogen and oxygen atoms in total. The molecule has 0 aromatic heterocycles. The van der Waals surface area contributed by atoms with Crippen LogP contribution < -0.4 is 5.73 Å². The van der Waals surface area contributed by atoms with Crippen LogP contribution >= 0.6 is 0 Å². The van der Waals surface area contributed by atoms with Crippen molar-refractivity contribution in [3.8, 4) is 0 Å². The summed E-state index contributed by atoms with van der Waals surface area (Å²) in [5.41, 5.74) is 7.35. The van der Waals surface area contributed by atoms with Crippen molar-refractivity contribution in [3.63, 3.8) is 0 Å². The van der Waals surface area contributed by atoms with Crippen molar-refractivity contribution in [2.75, 3.05) is 33.7 Å². The minimum absolute atomic E-state index is 0.259. The number of aliphatic imine (C=N–C) groups is 1. The molecule has 0 radical (unpaired) electrons. The van der Waals surface area contributed by atoms with Crippen molar-refractivity contribution >= 4 is 16.7 Å². The Morgan fingerprint density at radius 3 is 2.71 bits per heavy atom. The van der Waals surface area contributed by atoms with E-state index < -0.39 is 0 Å². The predicted octanol–water partition coefficient (Wildman–Crippen LogP) is 2.07. The third-order valence-corrected chi connectivity index (χ3v) is 4.04. The lowest BCUT2D eigenvalue weighted by Gasteiger charge is -2.28. The molecular formula is C17H22N4. The van der Waals surface area contributed by atoms with Gasteiger partial charge < -0.3 is 15.5 Å². The Balaban J connectivity index is 1.86. The van der Waals surface area contributed by atoms with Crippen LogP contribution in [0.3, 0.4) is 0 Å². The maximum atomic E-state index is 6.06. The molecule has 1 aliphatic heterocycles. The Hall–Kier alpha value is -2.07. The van der Waals surface area contributed by atoms with Gasteiger partial charge in [0.2, 0.25) is 0 Å². The van der Waals surface area contributed by atoms with Crippen LogP contribution in [0.2, 0.25) is 0 Å². The molecule has 0 saturated carbocycles. The number of guanidine groups is 1. The van der Waals surface area contributed by atoms with Crippen LogP contribution in [0.15, 0.2) is 47.5 Å². The lowest BCUT2D eigenvalue weighted by atomic mass is 10.0. The number of nitrogens with zero attached hydrogens (tertiary/aromatic N) is 3. The molecule has 1 unspecified atom stereocenters. The topological polar surface area (TPSA) is 44.9 Å². The monoisotopic (exact) mass is 282 g/mol. The SMILES string of the molecule is CN(C)CCN1C(N)=NCC1c1ccc2ccccc2c1. The van der Waals surface area contributed by atoms with E-state index in [0.717, 1.165) is 19.6 Å². The van der Waals surface area contributed by atoms with Crippen LogP contribution in [0, 0.1) is 0 Å². The predicted molar refractivity (Wildman–Crippen MR) is 88.4 cm³/mol. The van der Waals surface area contributed by atoms with E-state index in [9.17, 15) is 0 Å². The molecule has 2 aromatic carbocycles. The van der Waals surface area contributed by atoms with Gasteiger partial charge in [0.15, 0.2) is 5.96 Å². The van der Waals surface area contributed by atoms with Crippen LogP contribution in [0.25, 0.3) is 10.8 Å². The zero-order valence-electron chi connectivity index (χ0n) is 12.7. The fourth-order valence-corrected chi connectivity index (χ4v) is 2.81. The molecule has 4 heteroatoms. The van der Waals surface area contributed by atoms with E-state index in [1.54, 1.807) is 0 Å². The number of nitrogens with two attached hydrogens (primary N) is 1. The summed E-state index contributed by atoms with van der Waals surface area (Å²) in [5.74, 6) is 0.662. The van der Waals surface area contributed by atoms with E-state index in [2.05, 4.69) is 71.4 Å². The van der Waals surface area contributed by atoms with Crippen molar-refractivity contribution in [1.82, 2.24) is 9.80 Å². The fraction of sp³-hybridized carbons (Fsp3) is 0.353. The van der Waals surface area contributed by atoms with Gasteiger partial charge in [0.05, 0.1) is 12.6 Å². The van der Waals surface area contributed by atoms with Crippen molar-refractivity contribution in [1.29, 1.82) is 0 Å². The zero-order valence-corrected chi connectivity index (χ0v) is 12.7. The van der Waals surface area contributed by atoms with Gasteiger partial charge in [0.25, 0.3) is 0 Å². The highest BCUT2D eigenvalue weighted by atomic mass is 15.3. The summed E-state index contributed by atoms with van der Waals surface area (Å²) in [6.07, 6.45) is 0. The molecule has 0 amide bonds. The zero-order chi connectivity index (χ0) is 14.8. The molecule has 0 aliphatic carbocycles. The average Bonchev–Trinajstić information content (AvgIpc) is 2.85. The van der Waals surface area contributed by atoms with Gasteiger partial charge in [-0.25, -0.2) is 0 Å². The summed E-state index contributed by atoms with van der Waals surface area (Å²) < 4.78 is 0. The highest BCUT2D eigenvalue weighted by Crippen LogP contribution is 2.28. The Bertz CT molecular complexity index is 663. The molecule has 1 aliphatic rings. The largest absolute Gasteiger partial charge is 0.370 e. The molecule has 1 atom stereocenters. The Labute approximate surface area is 125 Å². The van der Waals surface area contributed by atoms with Crippen molar-refractivity contribution < 1.29 is 0 Å². The molecule has 21 heavy (non-hydrogen) atoms. The van der Waals surface area contributed by atoms with E-state index in [0.29, 0.717) is 5.96 Å². The maximum absolute atomic E-state index is 6.06. The molecule has 0 fully saturated rings. The second kappa shape index (κ2) is 5.74. The third-order valence-electron chi connectivity index (χ3n) is 4.04. The first kappa shape index (κ1) is 13.9. The summed E-state index contributed by atoms with van der Waals surface area (Å²) in [4.78, 5) is 8.82. The van der Waals surface area contributed by atoms with Gasteiger partial charge in [0, 0.05) is 13.1 Å². The van der Waals surface area contributed by atoms with Crippen LogP contribution in [0.4, 0.5) is 0 Å². The molecule has 1 heterocycles. The summed E-state index contributed by atoms with van der Waals surface area (Å²) >= 11 is 0. The molecule has 3 rings (SSSR count). The van der Waals surface area contributed by atoms with Crippen molar-refractivity contribution in [2.24, 2.45) is 10.7 Å². The van der Waals surface area contributed by atoms with Gasteiger partial charge in [-0.2, -0.15) is 0 Å². The van der Waals surface area contributed by atoms with Gasteiger partial charge in [-0.3, -0.25) is 4.99 Å². The first-order valence-corrected chi connectivity index (χ1v) is 7.35.